The maximum absolute atomic E-state index is 12.3. The Labute approximate surface area is 148 Å². The summed E-state index contributed by atoms with van der Waals surface area (Å²) in [7, 11) is 1.59. The molecule has 0 saturated carbocycles. The fraction of sp³-hybridized carbons (Fsp3) is 0.278. The predicted molar refractivity (Wildman–Crippen MR) is 98.3 cm³/mol. The van der Waals surface area contributed by atoms with E-state index in [1.165, 1.54) is 0 Å². The second kappa shape index (κ2) is 9.03. The van der Waals surface area contributed by atoms with Crippen molar-refractivity contribution in [3.8, 4) is 11.5 Å². The van der Waals surface area contributed by atoms with Crippen LogP contribution in [0.5, 0.6) is 11.5 Å². The summed E-state index contributed by atoms with van der Waals surface area (Å²) in [6, 6.07) is 12.7. The van der Waals surface area contributed by atoms with E-state index in [0.29, 0.717) is 29.3 Å². The Balaban J connectivity index is 0.00000288. The van der Waals surface area contributed by atoms with Crippen molar-refractivity contribution in [3.05, 3.63) is 53.6 Å². The van der Waals surface area contributed by atoms with Gasteiger partial charge in [0.25, 0.3) is 5.91 Å². The van der Waals surface area contributed by atoms with E-state index in [9.17, 15) is 4.79 Å². The number of halogens is 1. The second-order valence-corrected chi connectivity index (χ2v) is 5.36. The highest BCUT2D eigenvalue weighted by atomic mass is 35.5. The Morgan fingerprint density at radius 2 is 1.88 bits per heavy atom. The van der Waals surface area contributed by atoms with Gasteiger partial charge in [-0.25, -0.2) is 0 Å². The van der Waals surface area contributed by atoms with Gasteiger partial charge in [-0.1, -0.05) is 18.2 Å². The smallest absolute Gasteiger partial charge is 0.251 e. The number of rotatable bonds is 6. The van der Waals surface area contributed by atoms with Gasteiger partial charge in [-0.3, -0.25) is 4.79 Å². The van der Waals surface area contributed by atoms with Gasteiger partial charge in [0.1, 0.15) is 6.10 Å². The van der Waals surface area contributed by atoms with Crippen LogP contribution in [0.2, 0.25) is 0 Å². The quantitative estimate of drug-likeness (QED) is 0.784. The number of methoxy groups -OCH3 is 1. The molecule has 3 N–H and O–H groups in total. The minimum Gasteiger partial charge on any atom is -0.493 e. The Hall–Kier alpha value is -2.40. The normalized spacial score (nSPS) is 11.1. The zero-order valence-electron chi connectivity index (χ0n) is 14.0. The predicted octanol–water partition coefficient (Wildman–Crippen LogP) is 3.20. The number of hydrogen-bond donors (Lipinski definition) is 2. The molecule has 24 heavy (non-hydrogen) atoms. The Morgan fingerprint density at radius 3 is 2.54 bits per heavy atom. The first-order chi connectivity index (χ1) is 11.0. The molecular formula is C18H23ClN2O3. The summed E-state index contributed by atoms with van der Waals surface area (Å²) in [5.74, 6) is 1.15. The monoisotopic (exact) mass is 350 g/mol. The summed E-state index contributed by atoms with van der Waals surface area (Å²) >= 11 is 0. The number of nitrogen functional groups attached to an aromatic ring is 1. The largest absolute Gasteiger partial charge is 0.493 e. The highest BCUT2D eigenvalue weighted by Crippen LogP contribution is 2.26. The standard InChI is InChI=1S/C18H22N2O3.ClH/c1-12-8-9-14(19)10-15(12)18(21)20-11-13(2)23-17-7-5-4-6-16(17)22-3;/h4-10,13H,11,19H2,1-3H3,(H,20,21);1H. The van der Waals surface area contributed by atoms with Crippen molar-refractivity contribution in [3.63, 3.8) is 0 Å². The van der Waals surface area contributed by atoms with Crippen molar-refractivity contribution in [2.45, 2.75) is 20.0 Å². The van der Waals surface area contributed by atoms with Crippen LogP contribution in [0, 0.1) is 6.92 Å². The molecule has 0 aliphatic carbocycles. The first-order valence-corrected chi connectivity index (χ1v) is 7.45. The van der Waals surface area contributed by atoms with Crippen LogP contribution in [-0.4, -0.2) is 25.7 Å². The molecular weight excluding hydrogens is 328 g/mol. The molecule has 0 saturated heterocycles. The van der Waals surface area contributed by atoms with Crippen molar-refractivity contribution >= 4 is 24.0 Å². The molecule has 2 rings (SSSR count). The second-order valence-electron chi connectivity index (χ2n) is 5.36. The van der Waals surface area contributed by atoms with Crippen LogP contribution in [0.3, 0.4) is 0 Å². The third-order valence-corrected chi connectivity index (χ3v) is 3.45. The number of carbonyl (C=O) groups is 1. The number of nitrogens with one attached hydrogen (secondary N) is 1. The molecule has 1 amide bonds. The lowest BCUT2D eigenvalue weighted by Crippen LogP contribution is -2.34. The van der Waals surface area contributed by atoms with Crippen LogP contribution in [0.15, 0.2) is 42.5 Å². The minimum atomic E-state index is -0.198. The van der Waals surface area contributed by atoms with Gasteiger partial charge >= 0.3 is 0 Å². The van der Waals surface area contributed by atoms with Gasteiger partial charge in [-0.2, -0.15) is 0 Å². The highest BCUT2D eigenvalue weighted by Gasteiger charge is 2.13. The lowest BCUT2D eigenvalue weighted by Gasteiger charge is -2.17. The fourth-order valence-corrected chi connectivity index (χ4v) is 2.19. The van der Waals surface area contributed by atoms with E-state index in [1.807, 2.05) is 44.2 Å². The van der Waals surface area contributed by atoms with E-state index in [-0.39, 0.29) is 24.4 Å². The van der Waals surface area contributed by atoms with Gasteiger partial charge in [-0.15, -0.1) is 12.4 Å². The highest BCUT2D eigenvalue weighted by molar-refractivity contribution is 5.96. The molecule has 2 aromatic carbocycles. The van der Waals surface area contributed by atoms with Crippen molar-refractivity contribution in [1.29, 1.82) is 0 Å². The van der Waals surface area contributed by atoms with Gasteiger partial charge < -0.3 is 20.5 Å². The first kappa shape index (κ1) is 19.6. The van der Waals surface area contributed by atoms with E-state index < -0.39 is 0 Å². The maximum atomic E-state index is 12.3. The Morgan fingerprint density at radius 1 is 1.21 bits per heavy atom. The maximum Gasteiger partial charge on any atom is 0.251 e. The Kier molecular flexibility index (Phi) is 7.39. The third kappa shape index (κ3) is 5.06. The van der Waals surface area contributed by atoms with Gasteiger partial charge in [0.05, 0.1) is 13.7 Å². The number of nitrogens with two attached hydrogens (primary N) is 1. The van der Waals surface area contributed by atoms with Crippen LogP contribution >= 0.6 is 12.4 Å². The number of anilines is 1. The minimum absolute atomic E-state index is 0. The first-order valence-electron chi connectivity index (χ1n) is 7.45. The summed E-state index contributed by atoms with van der Waals surface area (Å²) in [6.45, 7) is 4.15. The SMILES string of the molecule is COc1ccccc1OC(C)CNC(=O)c1cc(N)ccc1C.Cl. The molecule has 5 nitrogen and oxygen atoms in total. The van der Waals surface area contributed by atoms with Crippen LogP contribution in [0.4, 0.5) is 5.69 Å². The summed E-state index contributed by atoms with van der Waals surface area (Å²) in [6.07, 6.45) is -0.198. The average Bonchev–Trinajstić information content (AvgIpc) is 2.55. The zero-order chi connectivity index (χ0) is 16.8. The van der Waals surface area contributed by atoms with Crippen LogP contribution in [-0.2, 0) is 0 Å². The number of hydrogen-bond acceptors (Lipinski definition) is 4. The lowest BCUT2D eigenvalue weighted by atomic mass is 10.1. The summed E-state index contributed by atoms with van der Waals surface area (Å²) < 4.78 is 11.1. The van der Waals surface area contributed by atoms with E-state index >= 15 is 0 Å². The topological polar surface area (TPSA) is 73.6 Å². The molecule has 0 aliphatic heterocycles. The fourth-order valence-electron chi connectivity index (χ4n) is 2.19. The summed E-state index contributed by atoms with van der Waals surface area (Å²) in [4.78, 5) is 12.3. The molecule has 2 aromatic rings. The molecule has 0 aliphatic rings. The molecule has 1 atom stereocenters. The van der Waals surface area contributed by atoms with Gasteiger partial charge in [0.15, 0.2) is 11.5 Å². The van der Waals surface area contributed by atoms with Gasteiger partial charge in [0, 0.05) is 11.3 Å². The van der Waals surface area contributed by atoms with Crippen LogP contribution in [0.25, 0.3) is 0 Å². The average molecular weight is 351 g/mol. The van der Waals surface area contributed by atoms with E-state index in [2.05, 4.69) is 5.32 Å². The molecule has 0 spiro atoms. The zero-order valence-corrected chi connectivity index (χ0v) is 14.9. The number of benzene rings is 2. The molecule has 1 unspecified atom stereocenters. The number of para-hydroxylation sites is 2. The van der Waals surface area contributed by atoms with Crippen molar-refractivity contribution < 1.29 is 14.3 Å². The molecule has 0 heterocycles. The molecule has 130 valence electrons. The number of amides is 1. The summed E-state index contributed by atoms with van der Waals surface area (Å²) in [5.41, 5.74) is 7.77. The molecule has 0 fully saturated rings. The Bertz CT molecular complexity index is 692. The number of aryl methyl sites for hydroxylation is 1. The van der Waals surface area contributed by atoms with Crippen molar-refractivity contribution in [2.75, 3.05) is 19.4 Å². The lowest BCUT2D eigenvalue weighted by molar-refractivity contribution is 0.0931. The molecule has 0 bridgehead atoms. The van der Waals surface area contributed by atoms with Crippen LogP contribution in [0.1, 0.15) is 22.8 Å². The van der Waals surface area contributed by atoms with Gasteiger partial charge in [-0.05, 0) is 43.7 Å². The van der Waals surface area contributed by atoms with Crippen molar-refractivity contribution in [1.82, 2.24) is 5.32 Å². The van der Waals surface area contributed by atoms with E-state index in [4.69, 9.17) is 15.2 Å². The number of ether oxygens (including phenoxy) is 2. The van der Waals surface area contributed by atoms with E-state index in [0.717, 1.165) is 5.56 Å². The molecule has 0 radical (unpaired) electrons. The molecule has 6 heteroatoms. The van der Waals surface area contributed by atoms with Crippen molar-refractivity contribution in [2.24, 2.45) is 0 Å². The molecule has 0 aromatic heterocycles. The van der Waals surface area contributed by atoms with Crippen LogP contribution < -0.4 is 20.5 Å². The van der Waals surface area contributed by atoms with Gasteiger partial charge in [0.2, 0.25) is 0 Å². The summed E-state index contributed by atoms with van der Waals surface area (Å²) in [5, 5.41) is 2.86. The number of carbonyl (C=O) groups excluding carboxylic acids is 1. The third-order valence-electron chi connectivity index (χ3n) is 3.45. The van der Waals surface area contributed by atoms with E-state index in [1.54, 1.807) is 19.2 Å².